The van der Waals surface area contributed by atoms with Gasteiger partial charge in [0.1, 0.15) is 11.6 Å². The minimum atomic E-state index is -0.224. The lowest BCUT2D eigenvalue weighted by molar-refractivity contribution is -0.121. The zero-order valence-electron chi connectivity index (χ0n) is 17.5. The third kappa shape index (κ3) is 6.00. The lowest BCUT2D eigenvalue weighted by atomic mass is 9.97. The highest BCUT2D eigenvalue weighted by atomic mass is 32.1. The van der Waals surface area contributed by atoms with E-state index in [9.17, 15) is 9.18 Å². The minimum absolute atomic E-state index is 0.221. The highest BCUT2D eigenvalue weighted by molar-refractivity contribution is 7.09. The molecule has 1 amide bonds. The molecule has 1 saturated heterocycles. The van der Waals surface area contributed by atoms with Crippen LogP contribution >= 0.6 is 11.5 Å². The zero-order valence-corrected chi connectivity index (χ0v) is 18.3. The summed E-state index contributed by atoms with van der Waals surface area (Å²) in [6, 6.07) is 6.51. The van der Waals surface area contributed by atoms with E-state index in [1.807, 2.05) is 0 Å². The Morgan fingerprint density at radius 2 is 1.83 bits per heavy atom. The molecule has 1 saturated carbocycles. The van der Waals surface area contributed by atoms with E-state index in [0.717, 1.165) is 61.3 Å². The number of halogens is 1. The topological polar surface area (TPSA) is 58.1 Å². The maximum atomic E-state index is 13.0. The molecule has 1 aromatic heterocycles. The summed E-state index contributed by atoms with van der Waals surface area (Å²) in [6.07, 6.45) is 9.80. The molecule has 2 fully saturated rings. The first-order valence-corrected chi connectivity index (χ1v) is 12.0. The SMILES string of the molecule is O=C(CCC1CCCC1)NCC1CCN(c2nc(Cc3ccc(F)cc3)ns2)CC1. The van der Waals surface area contributed by atoms with Gasteiger partial charge in [-0.05, 0) is 48.8 Å². The summed E-state index contributed by atoms with van der Waals surface area (Å²) in [5.74, 6) is 2.11. The molecular formula is C23H31FN4OS. The average Bonchev–Trinajstić information content (AvgIpc) is 3.45. The van der Waals surface area contributed by atoms with Crippen LogP contribution < -0.4 is 10.2 Å². The van der Waals surface area contributed by atoms with Crippen molar-refractivity contribution in [3.8, 4) is 0 Å². The van der Waals surface area contributed by atoms with Crippen LogP contribution in [0.3, 0.4) is 0 Å². The normalized spacial score (nSPS) is 18.1. The van der Waals surface area contributed by atoms with E-state index in [1.165, 1.54) is 49.3 Å². The number of amides is 1. The van der Waals surface area contributed by atoms with E-state index in [2.05, 4.69) is 19.6 Å². The fourth-order valence-corrected chi connectivity index (χ4v) is 5.28. The molecule has 2 heterocycles. The quantitative estimate of drug-likeness (QED) is 0.666. The van der Waals surface area contributed by atoms with Crippen molar-refractivity contribution in [3.05, 3.63) is 41.5 Å². The standard InChI is InChI=1S/C23H31FN4OS/c24-20-8-5-18(6-9-20)15-21-26-23(30-27-21)28-13-11-19(12-14-28)16-25-22(29)10-7-17-3-1-2-4-17/h5-6,8-9,17,19H,1-4,7,10-16H2,(H,25,29). The monoisotopic (exact) mass is 430 g/mol. The number of aromatic nitrogens is 2. The van der Waals surface area contributed by atoms with Crippen molar-refractivity contribution in [2.75, 3.05) is 24.5 Å². The summed E-state index contributed by atoms with van der Waals surface area (Å²) in [5.41, 5.74) is 1.02. The first-order valence-electron chi connectivity index (χ1n) is 11.2. The molecule has 0 unspecified atom stereocenters. The van der Waals surface area contributed by atoms with Crippen molar-refractivity contribution in [3.63, 3.8) is 0 Å². The van der Waals surface area contributed by atoms with E-state index in [-0.39, 0.29) is 11.7 Å². The second-order valence-corrected chi connectivity index (χ2v) is 9.45. The second kappa shape index (κ2) is 10.3. The van der Waals surface area contributed by atoms with Gasteiger partial charge in [0, 0.05) is 44.0 Å². The summed E-state index contributed by atoms with van der Waals surface area (Å²) in [6.45, 7) is 2.70. The van der Waals surface area contributed by atoms with Crippen LogP contribution in [0.25, 0.3) is 0 Å². The Bertz CT molecular complexity index is 811. The Labute approximate surface area is 182 Å². The molecule has 1 aromatic carbocycles. The van der Waals surface area contributed by atoms with Crippen molar-refractivity contribution in [2.24, 2.45) is 11.8 Å². The number of nitrogens with one attached hydrogen (secondary N) is 1. The van der Waals surface area contributed by atoms with Gasteiger partial charge in [0.2, 0.25) is 11.0 Å². The first-order chi connectivity index (χ1) is 14.7. The van der Waals surface area contributed by atoms with Crippen LogP contribution in [0.4, 0.5) is 9.52 Å². The van der Waals surface area contributed by atoms with E-state index in [1.54, 1.807) is 12.1 Å². The molecule has 0 atom stereocenters. The number of carbonyl (C=O) groups is 1. The van der Waals surface area contributed by atoms with Crippen molar-refractivity contribution >= 4 is 22.6 Å². The smallest absolute Gasteiger partial charge is 0.220 e. The molecule has 0 radical (unpaired) electrons. The molecule has 2 aromatic rings. The van der Waals surface area contributed by atoms with Crippen LogP contribution in [0.15, 0.2) is 24.3 Å². The largest absolute Gasteiger partial charge is 0.356 e. The molecular weight excluding hydrogens is 399 g/mol. The fourth-order valence-electron chi connectivity index (χ4n) is 4.54. The van der Waals surface area contributed by atoms with Crippen LogP contribution in [0.1, 0.15) is 62.8 Å². The van der Waals surface area contributed by atoms with Gasteiger partial charge >= 0.3 is 0 Å². The molecule has 7 heteroatoms. The van der Waals surface area contributed by atoms with Gasteiger partial charge in [-0.3, -0.25) is 4.79 Å². The number of piperidine rings is 1. The molecule has 1 aliphatic heterocycles. The van der Waals surface area contributed by atoms with Gasteiger partial charge in [0.25, 0.3) is 0 Å². The number of rotatable bonds is 8. The Balaban J connectivity index is 1.17. The van der Waals surface area contributed by atoms with Crippen LogP contribution in [0.2, 0.25) is 0 Å². The van der Waals surface area contributed by atoms with Crippen LogP contribution in [-0.4, -0.2) is 34.9 Å². The highest BCUT2D eigenvalue weighted by Crippen LogP contribution is 2.28. The molecule has 1 N–H and O–H groups in total. The van der Waals surface area contributed by atoms with Gasteiger partial charge in [-0.1, -0.05) is 37.8 Å². The highest BCUT2D eigenvalue weighted by Gasteiger charge is 2.23. The Hall–Kier alpha value is -2.02. The van der Waals surface area contributed by atoms with E-state index < -0.39 is 0 Å². The predicted molar refractivity (Wildman–Crippen MR) is 118 cm³/mol. The molecule has 0 spiro atoms. The predicted octanol–water partition coefficient (Wildman–Crippen LogP) is 4.57. The van der Waals surface area contributed by atoms with Gasteiger partial charge in [-0.25, -0.2) is 9.37 Å². The van der Waals surface area contributed by atoms with Crippen LogP contribution in [0, 0.1) is 17.7 Å². The van der Waals surface area contributed by atoms with Gasteiger partial charge in [-0.2, -0.15) is 4.37 Å². The Morgan fingerprint density at radius 3 is 2.57 bits per heavy atom. The van der Waals surface area contributed by atoms with Crippen molar-refractivity contribution < 1.29 is 9.18 Å². The number of anilines is 1. The summed E-state index contributed by atoms with van der Waals surface area (Å²) in [5, 5.41) is 4.12. The molecule has 0 bridgehead atoms. The fraction of sp³-hybridized carbons (Fsp3) is 0.609. The Morgan fingerprint density at radius 1 is 1.10 bits per heavy atom. The number of benzene rings is 1. The second-order valence-electron chi connectivity index (χ2n) is 8.72. The molecule has 162 valence electrons. The maximum Gasteiger partial charge on any atom is 0.220 e. The van der Waals surface area contributed by atoms with Crippen molar-refractivity contribution in [2.45, 2.75) is 57.8 Å². The average molecular weight is 431 g/mol. The number of hydrogen-bond donors (Lipinski definition) is 1. The van der Waals surface area contributed by atoms with Gasteiger partial charge in [0.15, 0.2) is 0 Å². The van der Waals surface area contributed by atoms with Gasteiger partial charge in [0.05, 0.1) is 0 Å². The third-order valence-corrected chi connectivity index (χ3v) is 7.28. The lowest BCUT2D eigenvalue weighted by Gasteiger charge is -2.31. The lowest BCUT2D eigenvalue weighted by Crippen LogP contribution is -2.38. The number of hydrogen-bond acceptors (Lipinski definition) is 5. The van der Waals surface area contributed by atoms with Crippen molar-refractivity contribution in [1.82, 2.24) is 14.7 Å². The summed E-state index contributed by atoms with van der Waals surface area (Å²) in [4.78, 5) is 19.1. The molecule has 5 nitrogen and oxygen atoms in total. The molecule has 30 heavy (non-hydrogen) atoms. The van der Waals surface area contributed by atoms with E-state index in [0.29, 0.717) is 18.8 Å². The van der Waals surface area contributed by atoms with Gasteiger partial charge in [-0.15, -0.1) is 0 Å². The van der Waals surface area contributed by atoms with Crippen LogP contribution in [-0.2, 0) is 11.2 Å². The summed E-state index contributed by atoms with van der Waals surface area (Å²) >= 11 is 1.44. The van der Waals surface area contributed by atoms with Crippen molar-refractivity contribution in [1.29, 1.82) is 0 Å². The molecule has 4 rings (SSSR count). The van der Waals surface area contributed by atoms with Gasteiger partial charge < -0.3 is 10.2 Å². The van der Waals surface area contributed by atoms with E-state index in [4.69, 9.17) is 0 Å². The number of carbonyl (C=O) groups excluding carboxylic acids is 1. The first kappa shape index (κ1) is 21.2. The molecule has 1 aliphatic carbocycles. The Kier molecular flexibility index (Phi) is 7.31. The zero-order chi connectivity index (χ0) is 20.8. The number of nitrogens with zero attached hydrogens (tertiary/aromatic N) is 3. The third-order valence-electron chi connectivity index (χ3n) is 6.46. The summed E-state index contributed by atoms with van der Waals surface area (Å²) in [7, 11) is 0. The summed E-state index contributed by atoms with van der Waals surface area (Å²) < 4.78 is 17.5. The van der Waals surface area contributed by atoms with Crippen LogP contribution in [0.5, 0.6) is 0 Å². The minimum Gasteiger partial charge on any atom is -0.356 e. The molecule has 2 aliphatic rings. The maximum absolute atomic E-state index is 13.0. The van der Waals surface area contributed by atoms with E-state index >= 15 is 0 Å².